The summed E-state index contributed by atoms with van der Waals surface area (Å²) < 4.78 is 33.9. The highest BCUT2D eigenvalue weighted by Gasteiger charge is 2.29. The van der Waals surface area contributed by atoms with Crippen LogP contribution in [0.3, 0.4) is 0 Å². The minimum absolute atomic E-state index is 0.0943. The van der Waals surface area contributed by atoms with Gasteiger partial charge in [0, 0.05) is 44.8 Å². The molecule has 3 heterocycles. The Morgan fingerprint density at radius 3 is 2.33 bits per heavy atom. The average molecular weight is 549 g/mol. The average Bonchev–Trinajstić information content (AvgIpc) is 3.33. The molecule has 0 radical (unpaired) electrons. The Balaban J connectivity index is 1.23. The van der Waals surface area contributed by atoms with Crippen LogP contribution < -0.4 is 9.64 Å². The molecule has 2 fully saturated rings. The van der Waals surface area contributed by atoms with E-state index in [2.05, 4.69) is 11.8 Å². The third-order valence-electron chi connectivity index (χ3n) is 6.98. The number of anilines is 1. The van der Waals surface area contributed by atoms with Crippen molar-refractivity contribution in [3.8, 4) is 5.75 Å². The van der Waals surface area contributed by atoms with Crippen molar-refractivity contribution in [2.24, 2.45) is 5.92 Å². The molecule has 2 aromatic carbocycles. The molecule has 0 aliphatic carbocycles. The third kappa shape index (κ3) is 4.79. The maximum atomic E-state index is 13.1. The molecule has 3 aromatic rings. The molecule has 0 atom stereocenters. The van der Waals surface area contributed by atoms with Crippen molar-refractivity contribution in [1.29, 1.82) is 0 Å². The Morgan fingerprint density at radius 2 is 1.69 bits per heavy atom. The Labute approximate surface area is 220 Å². The molecule has 5 rings (SSSR count). The predicted octanol–water partition coefficient (Wildman–Crippen LogP) is 4.34. The lowest BCUT2D eigenvalue weighted by Gasteiger charge is -2.34. The van der Waals surface area contributed by atoms with Gasteiger partial charge in [-0.2, -0.15) is 4.31 Å². The van der Waals surface area contributed by atoms with Crippen molar-refractivity contribution in [2.75, 3.05) is 51.3 Å². The Hall–Kier alpha value is -2.40. The van der Waals surface area contributed by atoms with Crippen LogP contribution in [0.15, 0.2) is 41.3 Å². The van der Waals surface area contributed by atoms with Crippen LogP contribution >= 0.6 is 22.9 Å². The highest BCUT2D eigenvalue weighted by atomic mass is 35.5. The molecule has 192 valence electrons. The number of amides is 1. The van der Waals surface area contributed by atoms with E-state index < -0.39 is 10.0 Å². The SMILES string of the molecule is COc1c(Cl)ccc2sc(N3CCN(C(=O)c4ccc(S(=O)(=O)N5CCC(C)CC5)cc4)CC3)nc12. The number of sulfonamides is 1. The number of rotatable bonds is 5. The molecular formula is C25H29ClN4O4S2. The van der Waals surface area contributed by atoms with E-state index in [-0.39, 0.29) is 10.8 Å². The number of methoxy groups -OCH3 is 1. The molecule has 0 unspecified atom stereocenters. The lowest BCUT2D eigenvalue weighted by molar-refractivity contribution is 0.0746. The Bertz CT molecular complexity index is 1360. The van der Waals surface area contributed by atoms with Gasteiger partial charge >= 0.3 is 0 Å². The lowest BCUT2D eigenvalue weighted by atomic mass is 10.0. The van der Waals surface area contributed by atoms with Gasteiger partial charge in [0.25, 0.3) is 5.91 Å². The fourth-order valence-electron chi connectivity index (χ4n) is 4.69. The molecule has 2 saturated heterocycles. The molecule has 1 amide bonds. The number of nitrogens with zero attached hydrogens (tertiary/aromatic N) is 4. The first-order valence-corrected chi connectivity index (χ1v) is 14.7. The number of hydrogen-bond acceptors (Lipinski definition) is 7. The van der Waals surface area contributed by atoms with Gasteiger partial charge < -0.3 is 14.5 Å². The quantitative estimate of drug-likeness (QED) is 0.471. The van der Waals surface area contributed by atoms with E-state index in [1.54, 1.807) is 51.9 Å². The van der Waals surface area contributed by atoms with Gasteiger partial charge in [0.2, 0.25) is 10.0 Å². The van der Waals surface area contributed by atoms with E-state index in [0.717, 1.165) is 28.2 Å². The number of piperazine rings is 1. The molecule has 0 bridgehead atoms. The van der Waals surface area contributed by atoms with Gasteiger partial charge in [-0.05, 0) is 55.2 Å². The number of fused-ring (bicyclic) bond motifs is 1. The van der Waals surface area contributed by atoms with Crippen LogP contribution in [-0.4, -0.2) is 74.9 Å². The van der Waals surface area contributed by atoms with Gasteiger partial charge in [-0.3, -0.25) is 4.79 Å². The second kappa shape index (κ2) is 10.2. The van der Waals surface area contributed by atoms with Gasteiger partial charge in [0.1, 0.15) is 5.52 Å². The molecule has 11 heteroatoms. The molecule has 0 N–H and O–H groups in total. The zero-order valence-corrected chi connectivity index (χ0v) is 22.7. The summed E-state index contributed by atoms with van der Waals surface area (Å²) >= 11 is 7.81. The van der Waals surface area contributed by atoms with E-state index in [1.807, 2.05) is 12.1 Å². The summed E-state index contributed by atoms with van der Waals surface area (Å²) in [5.41, 5.74) is 1.24. The molecule has 2 aliphatic rings. The van der Waals surface area contributed by atoms with Gasteiger partial charge in [-0.15, -0.1) is 0 Å². The third-order valence-corrected chi connectivity index (χ3v) is 10.3. The van der Waals surface area contributed by atoms with Gasteiger partial charge in [-0.25, -0.2) is 13.4 Å². The van der Waals surface area contributed by atoms with Gasteiger partial charge in [-0.1, -0.05) is 29.9 Å². The number of thiazole rings is 1. The molecular weight excluding hydrogens is 520 g/mol. The summed E-state index contributed by atoms with van der Waals surface area (Å²) in [6.45, 7) is 5.66. The van der Waals surface area contributed by atoms with Crippen LogP contribution in [0.5, 0.6) is 5.75 Å². The molecule has 0 saturated carbocycles. The molecule has 8 nitrogen and oxygen atoms in total. The number of carbonyl (C=O) groups excluding carboxylic acids is 1. The minimum atomic E-state index is -3.53. The van der Waals surface area contributed by atoms with E-state index in [4.69, 9.17) is 21.3 Å². The van der Waals surface area contributed by atoms with Crippen LogP contribution in [0, 0.1) is 5.92 Å². The molecule has 2 aliphatic heterocycles. The summed E-state index contributed by atoms with van der Waals surface area (Å²) in [4.78, 5) is 22.1. The number of halogens is 1. The van der Waals surface area contributed by atoms with Crippen molar-refractivity contribution in [3.05, 3.63) is 47.0 Å². The first-order chi connectivity index (χ1) is 17.3. The van der Waals surface area contributed by atoms with E-state index in [1.165, 1.54) is 0 Å². The monoisotopic (exact) mass is 548 g/mol. The first-order valence-electron chi connectivity index (χ1n) is 12.1. The number of hydrogen-bond donors (Lipinski definition) is 0. The van der Waals surface area contributed by atoms with Crippen molar-refractivity contribution >= 4 is 54.2 Å². The first kappa shape index (κ1) is 25.3. The van der Waals surface area contributed by atoms with Crippen molar-refractivity contribution in [3.63, 3.8) is 0 Å². The second-order valence-corrected chi connectivity index (χ2v) is 12.7. The highest BCUT2D eigenvalue weighted by molar-refractivity contribution is 7.89. The fraction of sp³-hybridized carbons (Fsp3) is 0.440. The summed E-state index contributed by atoms with van der Waals surface area (Å²) in [5.74, 6) is 1.03. The van der Waals surface area contributed by atoms with Crippen molar-refractivity contribution in [1.82, 2.24) is 14.2 Å². The van der Waals surface area contributed by atoms with Crippen LogP contribution in [0.25, 0.3) is 10.2 Å². The normalized spacial score (nSPS) is 18.1. The fourth-order valence-corrected chi connectivity index (χ4v) is 7.41. The zero-order chi connectivity index (χ0) is 25.4. The van der Waals surface area contributed by atoms with Crippen molar-refractivity contribution < 1.29 is 17.9 Å². The lowest BCUT2D eigenvalue weighted by Crippen LogP contribution is -2.48. The number of piperidine rings is 1. The largest absolute Gasteiger partial charge is 0.493 e. The summed E-state index contributed by atoms with van der Waals surface area (Å²) in [6, 6.07) is 10.1. The van der Waals surface area contributed by atoms with Gasteiger partial charge in [0.15, 0.2) is 10.9 Å². The maximum Gasteiger partial charge on any atom is 0.253 e. The molecule has 1 aromatic heterocycles. The second-order valence-electron chi connectivity index (χ2n) is 9.31. The van der Waals surface area contributed by atoms with Crippen LogP contribution in [0.1, 0.15) is 30.1 Å². The van der Waals surface area contributed by atoms with Gasteiger partial charge in [0.05, 0.1) is 21.7 Å². The molecule has 0 spiro atoms. The smallest absolute Gasteiger partial charge is 0.253 e. The van der Waals surface area contributed by atoms with E-state index in [0.29, 0.717) is 61.5 Å². The summed E-state index contributed by atoms with van der Waals surface area (Å²) in [5, 5.41) is 1.40. The predicted molar refractivity (Wildman–Crippen MR) is 143 cm³/mol. The number of ether oxygens (including phenoxy) is 1. The summed E-state index contributed by atoms with van der Waals surface area (Å²) in [6.07, 6.45) is 1.75. The Kier molecular flexibility index (Phi) is 7.13. The Morgan fingerprint density at radius 1 is 1.03 bits per heavy atom. The number of aromatic nitrogens is 1. The molecule has 36 heavy (non-hydrogen) atoms. The topological polar surface area (TPSA) is 83.0 Å². The zero-order valence-electron chi connectivity index (χ0n) is 20.3. The number of carbonyl (C=O) groups is 1. The highest BCUT2D eigenvalue weighted by Crippen LogP contribution is 2.38. The standard InChI is InChI=1S/C25H29ClN4O4S2/c1-17-9-11-30(12-10-17)36(32,33)19-5-3-18(4-6-19)24(31)28-13-15-29(16-14-28)25-27-22-21(35-25)8-7-20(26)23(22)34-2/h3-8,17H,9-16H2,1-2H3. The van der Waals surface area contributed by atoms with E-state index >= 15 is 0 Å². The maximum absolute atomic E-state index is 13.1. The van der Waals surface area contributed by atoms with Crippen LogP contribution in [0.2, 0.25) is 5.02 Å². The van der Waals surface area contributed by atoms with Crippen molar-refractivity contribution in [2.45, 2.75) is 24.7 Å². The minimum Gasteiger partial charge on any atom is -0.493 e. The van der Waals surface area contributed by atoms with Crippen LogP contribution in [0.4, 0.5) is 5.13 Å². The van der Waals surface area contributed by atoms with Crippen LogP contribution in [-0.2, 0) is 10.0 Å². The number of benzene rings is 2. The van der Waals surface area contributed by atoms with E-state index in [9.17, 15) is 13.2 Å². The summed E-state index contributed by atoms with van der Waals surface area (Å²) in [7, 11) is -1.95.